The minimum absolute atomic E-state index is 0.219. The molecule has 1 heterocycles. The van der Waals surface area contributed by atoms with Crippen molar-refractivity contribution in [3.05, 3.63) is 76.1 Å². The Morgan fingerprint density at radius 1 is 1.00 bits per heavy atom. The lowest BCUT2D eigenvalue weighted by Crippen LogP contribution is -2.14. The summed E-state index contributed by atoms with van der Waals surface area (Å²) >= 11 is 5.93. The summed E-state index contributed by atoms with van der Waals surface area (Å²) in [5.41, 5.74) is 4.04. The van der Waals surface area contributed by atoms with Gasteiger partial charge in [-0.05, 0) is 62.7 Å². The van der Waals surface area contributed by atoms with Crippen molar-refractivity contribution in [1.82, 2.24) is 9.78 Å². The molecule has 0 unspecified atom stereocenters. The highest BCUT2D eigenvalue weighted by molar-refractivity contribution is 6.31. The molecule has 30 heavy (non-hydrogen) atoms. The molecular weight excluding hydrogens is 400 g/mol. The number of hydrogen-bond donors (Lipinski definition) is 2. The van der Waals surface area contributed by atoms with E-state index in [0.29, 0.717) is 21.8 Å². The quantitative estimate of drug-likeness (QED) is 0.528. The van der Waals surface area contributed by atoms with E-state index in [4.69, 9.17) is 11.6 Å². The van der Waals surface area contributed by atoms with Gasteiger partial charge in [0, 0.05) is 28.4 Å². The third-order valence-electron chi connectivity index (χ3n) is 4.84. The van der Waals surface area contributed by atoms with Crippen LogP contribution >= 0.6 is 11.6 Å². The number of anilines is 2. The topological polar surface area (TPSA) is 76.0 Å². The summed E-state index contributed by atoms with van der Waals surface area (Å²) in [7, 11) is 0. The molecule has 0 bridgehead atoms. The van der Waals surface area contributed by atoms with Crippen LogP contribution in [0.1, 0.15) is 51.9 Å². The fraction of sp³-hybridized carbons (Fsp3) is 0.261. The van der Waals surface area contributed by atoms with E-state index >= 15 is 0 Å². The van der Waals surface area contributed by atoms with Gasteiger partial charge in [-0.3, -0.25) is 14.3 Å². The number of amides is 2. The van der Waals surface area contributed by atoms with Crippen molar-refractivity contribution < 1.29 is 9.59 Å². The number of rotatable bonds is 7. The molecule has 0 radical (unpaired) electrons. The second-order valence-electron chi connectivity index (χ2n) is 7.12. The second kappa shape index (κ2) is 9.59. The highest BCUT2D eigenvalue weighted by Gasteiger charge is 2.15. The SMILES string of the molecule is CCCCn1nc(C)c(NC(=O)c2ccc(NC(=O)c3cccc(Cl)c3)cc2)c1C. The summed E-state index contributed by atoms with van der Waals surface area (Å²) in [6, 6.07) is 13.5. The lowest BCUT2D eigenvalue weighted by atomic mass is 10.1. The van der Waals surface area contributed by atoms with Crippen molar-refractivity contribution in [2.24, 2.45) is 0 Å². The molecule has 7 heteroatoms. The molecule has 3 rings (SSSR count). The van der Waals surface area contributed by atoms with E-state index in [1.165, 1.54) is 0 Å². The van der Waals surface area contributed by atoms with Crippen LogP contribution in [0.4, 0.5) is 11.4 Å². The maximum Gasteiger partial charge on any atom is 0.255 e. The number of nitrogens with zero attached hydrogens (tertiary/aromatic N) is 2. The van der Waals surface area contributed by atoms with Gasteiger partial charge in [0.25, 0.3) is 11.8 Å². The summed E-state index contributed by atoms with van der Waals surface area (Å²) in [5.74, 6) is -0.482. The number of halogens is 1. The standard InChI is InChI=1S/C23H25ClN4O2/c1-4-5-13-28-16(3)21(15(2)27-28)26-22(29)17-9-11-20(12-10-17)25-23(30)18-7-6-8-19(24)14-18/h6-12,14H,4-5,13H2,1-3H3,(H,25,30)(H,26,29). The molecule has 0 fully saturated rings. The van der Waals surface area contributed by atoms with Crippen LogP contribution in [0, 0.1) is 13.8 Å². The summed E-state index contributed by atoms with van der Waals surface area (Å²) in [5, 5.41) is 10.8. The van der Waals surface area contributed by atoms with Crippen LogP contribution < -0.4 is 10.6 Å². The van der Waals surface area contributed by atoms with E-state index in [2.05, 4.69) is 22.7 Å². The fourth-order valence-electron chi connectivity index (χ4n) is 3.13. The van der Waals surface area contributed by atoms with Crippen molar-refractivity contribution in [2.45, 2.75) is 40.2 Å². The number of aromatic nitrogens is 2. The third kappa shape index (κ3) is 5.07. The molecule has 156 valence electrons. The first-order valence-corrected chi connectivity index (χ1v) is 10.3. The number of carbonyl (C=O) groups excluding carboxylic acids is 2. The first-order valence-electron chi connectivity index (χ1n) is 9.91. The van der Waals surface area contributed by atoms with Gasteiger partial charge in [-0.2, -0.15) is 5.10 Å². The van der Waals surface area contributed by atoms with Gasteiger partial charge < -0.3 is 10.6 Å². The summed E-state index contributed by atoms with van der Waals surface area (Å²) in [4.78, 5) is 25.0. The van der Waals surface area contributed by atoms with Crippen LogP contribution in [0.25, 0.3) is 0 Å². The zero-order valence-electron chi connectivity index (χ0n) is 17.3. The van der Waals surface area contributed by atoms with E-state index in [1.807, 2.05) is 18.5 Å². The molecule has 2 amide bonds. The lowest BCUT2D eigenvalue weighted by Gasteiger charge is -2.09. The van der Waals surface area contributed by atoms with Crippen LogP contribution in [0.15, 0.2) is 48.5 Å². The van der Waals surface area contributed by atoms with E-state index < -0.39 is 0 Å². The Kier molecular flexibility index (Phi) is 6.90. The van der Waals surface area contributed by atoms with Crippen LogP contribution in [0.3, 0.4) is 0 Å². The molecular formula is C23H25ClN4O2. The van der Waals surface area contributed by atoms with Gasteiger partial charge in [-0.15, -0.1) is 0 Å². The van der Waals surface area contributed by atoms with Gasteiger partial charge in [0.15, 0.2) is 0 Å². The Balaban J connectivity index is 1.67. The molecule has 2 aromatic carbocycles. The average molecular weight is 425 g/mol. The number of nitrogens with one attached hydrogen (secondary N) is 2. The van der Waals surface area contributed by atoms with Crippen LogP contribution in [-0.2, 0) is 6.54 Å². The lowest BCUT2D eigenvalue weighted by molar-refractivity contribution is 0.102. The average Bonchev–Trinajstić information content (AvgIpc) is 3.00. The Bertz CT molecular complexity index is 1060. The number of hydrogen-bond acceptors (Lipinski definition) is 3. The maximum absolute atomic E-state index is 12.7. The summed E-state index contributed by atoms with van der Waals surface area (Å²) in [6.07, 6.45) is 2.12. The van der Waals surface area contributed by atoms with E-state index in [-0.39, 0.29) is 11.8 Å². The minimum atomic E-state index is -0.263. The highest BCUT2D eigenvalue weighted by Crippen LogP contribution is 2.21. The molecule has 0 aliphatic carbocycles. The molecule has 0 saturated carbocycles. The van der Waals surface area contributed by atoms with Crippen LogP contribution in [-0.4, -0.2) is 21.6 Å². The largest absolute Gasteiger partial charge is 0.322 e. The maximum atomic E-state index is 12.7. The van der Waals surface area contributed by atoms with E-state index in [9.17, 15) is 9.59 Å². The van der Waals surface area contributed by atoms with Gasteiger partial charge in [0.1, 0.15) is 0 Å². The number of aryl methyl sites for hydroxylation is 2. The Labute approximate surface area is 181 Å². The third-order valence-corrected chi connectivity index (χ3v) is 5.07. The van der Waals surface area contributed by atoms with Crippen molar-refractivity contribution >= 4 is 34.8 Å². The normalized spacial score (nSPS) is 10.7. The Hall–Kier alpha value is -3.12. The molecule has 0 aliphatic rings. The molecule has 0 aliphatic heterocycles. The Morgan fingerprint density at radius 2 is 1.70 bits per heavy atom. The monoisotopic (exact) mass is 424 g/mol. The predicted octanol–water partition coefficient (Wildman–Crippen LogP) is 5.46. The zero-order chi connectivity index (χ0) is 21.7. The predicted molar refractivity (Wildman–Crippen MR) is 120 cm³/mol. The summed E-state index contributed by atoms with van der Waals surface area (Å²) < 4.78 is 1.93. The molecule has 2 N–H and O–H groups in total. The first kappa shape index (κ1) is 21.6. The van der Waals surface area contributed by atoms with Gasteiger partial charge >= 0.3 is 0 Å². The molecule has 0 saturated heterocycles. The zero-order valence-corrected chi connectivity index (χ0v) is 18.1. The molecule has 3 aromatic rings. The minimum Gasteiger partial charge on any atom is -0.322 e. The van der Waals surface area contributed by atoms with Crippen molar-refractivity contribution in [3.63, 3.8) is 0 Å². The van der Waals surface area contributed by atoms with Gasteiger partial charge in [0.05, 0.1) is 17.1 Å². The Morgan fingerprint density at radius 3 is 2.37 bits per heavy atom. The first-order chi connectivity index (χ1) is 14.4. The highest BCUT2D eigenvalue weighted by atomic mass is 35.5. The van der Waals surface area contributed by atoms with Crippen molar-refractivity contribution in [2.75, 3.05) is 10.6 Å². The second-order valence-corrected chi connectivity index (χ2v) is 7.55. The number of benzene rings is 2. The number of unbranched alkanes of at least 4 members (excludes halogenated alkanes) is 1. The van der Waals surface area contributed by atoms with Gasteiger partial charge in [-0.1, -0.05) is 31.0 Å². The van der Waals surface area contributed by atoms with Crippen LogP contribution in [0.2, 0.25) is 5.02 Å². The van der Waals surface area contributed by atoms with Crippen molar-refractivity contribution in [3.8, 4) is 0 Å². The molecule has 6 nitrogen and oxygen atoms in total. The smallest absolute Gasteiger partial charge is 0.255 e. The van der Waals surface area contributed by atoms with Gasteiger partial charge in [-0.25, -0.2) is 0 Å². The molecule has 0 atom stereocenters. The van der Waals surface area contributed by atoms with E-state index in [0.717, 1.165) is 36.5 Å². The van der Waals surface area contributed by atoms with Crippen LogP contribution in [0.5, 0.6) is 0 Å². The van der Waals surface area contributed by atoms with Gasteiger partial charge in [0.2, 0.25) is 0 Å². The van der Waals surface area contributed by atoms with Crippen molar-refractivity contribution in [1.29, 1.82) is 0 Å². The van der Waals surface area contributed by atoms with E-state index in [1.54, 1.807) is 48.5 Å². The molecule has 0 spiro atoms. The fourth-order valence-corrected chi connectivity index (χ4v) is 3.32. The molecule has 1 aromatic heterocycles. The summed E-state index contributed by atoms with van der Waals surface area (Å²) in [6.45, 7) is 6.81. The number of carbonyl (C=O) groups is 2.